The molecule has 4 N–H and O–H groups in total. The highest BCUT2D eigenvalue weighted by Crippen LogP contribution is 2.40. The van der Waals surface area contributed by atoms with Crippen molar-refractivity contribution in [3.05, 3.63) is 59.3 Å². The van der Waals surface area contributed by atoms with Crippen molar-refractivity contribution in [2.45, 2.75) is 18.8 Å². The maximum absolute atomic E-state index is 12.2. The van der Waals surface area contributed by atoms with Crippen molar-refractivity contribution in [1.29, 1.82) is 0 Å². The Morgan fingerprint density at radius 3 is 2.78 bits per heavy atom. The predicted octanol–water partition coefficient (Wildman–Crippen LogP) is 2.54. The van der Waals surface area contributed by atoms with Crippen molar-refractivity contribution < 1.29 is 4.79 Å². The van der Waals surface area contributed by atoms with Gasteiger partial charge in [-0.25, -0.2) is 0 Å². The Morgan fingerprint density at radius 1 is 1.17 bits per heavy atom. The number of nitrogens with two attached hydrogens (primary N) is 1. The van der Waals surface area contributed by atoms with Crippen LogP contribution in [0.1, 0.15) is 29.0 Å². The zero-order valence-corrected chi connectivity index (χ0v) is 12.7. The molecule has 1 unspecified atom stereocenters. The number of fused-ring (bicyclic) bond motifs is 3. The van der Waals surface area contributed by atoms with E-state index >= 15 is 0 Å². The van der Waals surface area contributed by atoms with E-state index in [0.717, 1.165) is 34.1 Å². The molecule has 23 heavy (non-hydrogen) atoms. The van der Waals surface area contributed by atoms with Gasteiger partial charge in [0.15, 0.2) is 0 Å². The van der Waals surface area contributed by atoms with E-state index in [0.29, 0.717) is 13.0 Å². The number of H-pyrrole nitrogens is 1. The second kappa shape index (κ2) is 5.52. The van der Waals surface area contributed by atoms with Crippen LogP contribution in [-0.2, 0) is 11.2 Å². The molecule has 1 aliphatic heterocycles. The zero-order chi connectivity index (χ0) is 15.8. The van der Waals surface area contributed by atoms with Gasteiger partial charge in [0.05, 0.1) is 17.4 Å². The number of aromatic amines is 1. The van der Waals surface area contributed by atoms with Crippen LogP contribution in [0.5, 0.6) is 0 Å². The van der Waals surface area contributed by atoms with Crippen LogP contribution in [0.4, 0.5) is 5.69 Å². The lowest BCUT2D eigenvalue weighted by Crippen LogP contribution is -2.23. The number of nitrogens with one attached hydrogen (secondary N) is 2. The minimum absolute atomic E-state index is 0.0437. The molecule has 2 heterocycles. The maximum atomic E-state index is 12.2. The first-order chi connectivity index (χ1) is 11.3. The third-order valence-corrected chi connectivity index (χ3v) is 4.50. The summed E-state index contributed by atoms with van der Waals surface area (Å²) in [7, 11) is 0. The van der Waals surface area contributed by atoms with E-state index < -0.39 is 0 Å². The molecule has 0 radical (unpaired) electrons. The molecule has 5 nitrogen and oxygen atoms in total. The molecule has 0 aliphatic carbocycles. The summed E-state index contributed by atoms with van der Waals surface area (Å²) < 4.78 is 0. The molecular weight excluding hydrogens is 288 g/mol. The van der Waals surface area contributed by atoms with E-state index in [-0.39, 0.29) is 11.8 Å². The lowest BCUT2D eigenvalue weighted by Gasteiger charge is -2.26. The topological polar surface area (TPSA) is 83.8 Å². The highest BCUT2D eigenvalue weighted by molar-refractivity contribution is 6.05. The Morgan fingerprint density at radius 2 is 2.00 bits per heavy atom. The van der Waals surface area contributed by atoms with Crippen molar-refractivity contribution in [2.24, 2.45) is 5.73 Å². The average Bonchev–Trinajstić information content (AvgIpc) is 3.04. The average molecular weight is 306 g/mol. The van der Waals surface area contributed by atoms with Crippen LogP contribution in [-0.4, -0.2) is 22.6 Å². The smallest absolute Gasteiger partial charge is 0.225 e. The van der Waals surface area contributed by atoms with Gasteiger partial charge >= 0.3 is 0 Å². The summed E-state index contributed by atoms with van der Waals surface area (Å²) in [6.45, 7) is 0.645. The molecular formula is C18H18N4O. The monoisotopic (exact) mass is 306 g/mol. The normalized spacial score (nSPS) is 17.1. The summed E-state index contributed by atoms with van der Waals surface area (Å²) in [6, 6.07) is 12.5. The number of nitrogens with zero attached hydrogens (tertiary/aromatic N) is 1. The van der Waals surface area contributed by atoms with Crippen LogP contribution in [0, 0.1) is 0 Å². The van der Waals surface area contributed by atoms with Gasteiger partial charge in [0.2, 0.25) is 5.91 Å². The van der Waals surface area contributed by atoms with Crippen molar-refractivity contribution in [2.75, 3.05) is 11.9 Å². The van der Waals surface area contributed by atoms with Crippen molar-refractivity contribution in [3.63, 3.8) is 0 Å². The number of benzene rings is 2. The second-order valence-corrected chi connectivity index (χ2v) is 5.95. The van der Waals surface area contributed by atoms with E-state index in [1.54, 1.807) is 6.20 Å². The molecule has 5 heteroatoms. The number of hydrogen-bond acceptors (Lipinski definition) is 3. The number of carbonyl (C=O) groups is 1. The van der Waals surface area contributed by atoms with Crippen LogP contribution >= 0.6 is 0 Å². The maximum Gasteiger partial charge on any atom is 0.225 e. The highest BCUT2D eigenvalue weighted by atomic mass is 16.1. The molecule has 0 bridgehead atoms. The molecule has 3 aromatic rings. The van der Waals surface area contributed by atoms with Crippen LogP contribution < -0.4 is 11.1 Å². The number of carbonyl (C=O) groups excluding carboxylic acids is 1. The second-order valence-electron chi connectivity index (χ2n) is 5.95. The Labute approximate surface area is 133 Å². The summed E-state index contributed by atoms with van der Waals surface area (Å²) in [5.74, 6) is 0.118. The van der Waals surface area contributed by atoms with E-state index in [1.165, 1.54) is 5.56 Å². The first-order valence-electron chi connectivity index (χ1n) is 7.81. The fourth-order valence-corrected chi connectivity index (χ4v) is 3.33. The Bertz CT molecular complexity index is 866. The van der Waals surface area contributed by atoms with Crippen LogP contribution in [0.2, 0.25) is 0 Å². The molecule has 0 fully saturated rings. The molecule has 4 rings (SSSR count). The number of rotatable bonds is 3. The first-order valence-corrected chi connectivity index (χ1v) is 7.81. The molecule has 1 aliphatic rings. The van der Waals surface area contributed by atoms with Gasteiger partial charge in [0, 0.05) is 17.7 Å². The van der Waals surface area contributed by atoms with Crippen LogP contribution in [0.3, 0.4) is 0 Å². The predicted molar refractivity (Wildman–Crippen MR) is 90.4 cm³/mol. The summed E-state index contributed by atoms with van der Waals surface area (Å²) in [4.78, 5) is 12.2. The van der Waals surface area contributed by atoms with E-state index in [2.05, 4.69) is 45.8 Å². The molecule has 0 saturated heterocycles. The fraction of sp³-hybridized carbons (Fsp3) is 0.222. The molecule has 0 saturated carbocycles. The van der Waals surface area contributed by atoms with Gasteiger partial charge in [-0.05, 0) is 35.7 Å². The van der Waals surface area contributed by atoms with E-state index in [9.17, 15) is 4.79 Å². The van der Waals surface area contributed by atoms with E-state index in [4.69, 9.17) is 5.73 Å². The Balaban J connectivity index is 1.79. The van der Waals surface area contributed by atoms with Gasteiger partial charge in [-0.1, -0.05) is 30.3 Å². The van der Waals surface area contributed by atoms with Crippen LogP contribution in [0.15, 0.2) is 42.6 Å². The Kier molecular flexibility index (Phi) is 3.35. The van der Waals surface area contributed by atoms with Crippen molar-refractivity contribution >= 4 is 22.5 Å². The lowest BCUT2D eigenvalue weighted by atomic mass is 9.83. The summed E-state index contributed by atoms with van der Waals surface area (Å²) >= 11 is 0. The number of amides is 1. The van der Waals surface area contributed by atoms with Gasteiger partial charge in [0.25, 0.3) is 0 Å². The standard InChI is InChI=1S/C18H18N4O/c19-8-7-11-1-3-12(4-2-11)14-9-17(23)21-18-13(14)5-6-16-15(18)10-20-22-16/h1-6,10,14H,7-9,19H2,(H,20,22)(H,21,23). The molecule has 116 valence electrons. The van der Waals surface area contributed by atoms with Crippen LogP contribution in [0.25, 0.3) is 10.9 Å². The van der Waals surface area contributed by atoms with Gasteiger partial charge < -0.3 is 11.1 Å². The molecule has 0 spiro atoms. The summed E-state index contributed by atoms with van der Waals surface area (Å²) in [5, 5.41) is 11.0. The van der Waals surface area contributed by atoms with E-state index in [1.807, 2.05) is 6.07 Å². The van der Waals surface area contributed by atoms with Crippen molar-refractivity contribution in [1.82, 2.24) is 10.2 Å². The quantitative estimate of drug-likeness (QED) is 0.695. The molecule has 1 amide bonds. The SMILES string of the molecule is NCCc1ccc(C2CC(=O)Nc3c2ccc2[nH]ncc32)cc1. The molecule has 1 atom stereocenters. The van der Waals surface area contributed by atoms with Gasteiger partial charge in [-0.2, -0.15) is 5.10 Å². The van der Waals surface area contributed by atoms with Gasteiger partial charge in [-0.15, -0.1) is 0 Å². The summed E-state index contributed by atoms with van der Waals surface area (Å²) in [5.41, 5.74) is 10.9. The summed E-state index contributed by atoms with van der Waals surface area (Å²) in [6.07, 6.45) is 3.10. The minimum Gasteiger partial charge on any atom is -0.330 e. The zero-order valence-electron chi connectivity index (χ0n) is 12.7. The molecule has 2 aromatic carbocycles. The number of anilines is 1. The number of hydrogen-bond donors (Lipinski definition) is 3. The first kappa shape index (κ1) is 14.0. The Hall–Kier alpha value is -2.66. The third-order valence-electron chi connectivity index (χ3n) is 4.50. The fourth-order valence-electron chi connectivity index (χ4n) is 3.33. The van der Waals surface area contributed by atoms with Gasteiger partial charge in [-0.3, -0.25) is 9.89 Å². The van der Waals surface area contributed by atoms with Crippen molar-refractivity contribution in [3.8, 4) is 0 Å². The molecule has 1 aromatic heterocycles. The third kappa shape index (κ3) is 2.39. The van der Waals surface area contributed by atoms with Gasteiger partial charge in [0.1, 0.15) is 0 Å². The largest absolute Gasteiger partial charge is 0.330 e. The number of aromatic nitrogens is 2. The minimum atomic E-state index is 0.0437. The highest BCUT2D eigenvalue weighted by Gasteiger charge is 2.28. The lowest BCUT2D eigenvalue weighted by molar-refractivity contribution is -0.116.